The first-order chi connectivity index (χ1) is 11.8. The van der Waals surface area contributed by atoms with Gasteiger partial charge in [0.1, 0.15) is 12.4 Å². The van der Waals surface area contributed by atoms with Crippen LogP contribution in [0.1, 0.15) is 24.4 Å². The summed E-state index contributed by atoms with van der Waals surface area (Å²) in [4.78, 5) is 12.6. The fraction of sp³-hybridized carbons (Fsp3) is 0.350. The van der Waals surface area contributed by atoms with Crippen molar-refractivity contribution in [3.05, 3.63) is 66.2 Å². The lowest BCUT2D eigenvalue weighted by Crippen LogP contribution is -2.41. The maximum Gasteiger partial charge on any atom is 0.223 e. The summed E-state index contributed by atoms with van der Waals surface area (Å²) >= 11 is 0. The number of amides is 1. The molecule has 4 heteroatoms. The molecular formula is C20H24N2O2. The number of hydrogen-bond donors (Lipinski definition) is 2. The highest BCUT2D eigenvalue weighted by molar-refractivity contribution is 5.79. The smallest absolute Gasteiger partial charge is 0.223 e. The second kappa shape index (κ2) is 8.50. The number of ether oxygens (including phenoxy) is 1. The molecule has 1 aliphatic rings. The van der Waals surface area contributed by atoms with Gasteiger partial charge < -0.3 is 15.4 Å². The predicted molar refractivity (Wildman–Crippen MR) is 94.9 cm³/mol. The molecular weight excluding hydrogens is 300 g/mol. The Kier molecular flexibility index (Phi) is 5.85. The molecule has 2 aromatic carbocycles. The summed E-state index contributed by atoms with van der Waals surface area (Å²) < 4.78 is 5.88. The highest BCUT2D eigenvalue weighted by atomic mass is 16.5. The van der Waals surface area contributed by atoms with Gasteiger partial charge in [-0.2, -0.15) is 0 Å². The molecule has 1 saturated heterocycles. The molecule has 1 unspecified atom stereocenters. The van der Waals surface area contributed by atoms with Crippen molar-refractivity contribution in [2.75, 3.05) is 19.7 Å². The van der Waals surface area contributed by atoms with E-state index in [1.54, 1.807) is 0 Å². The molecule has 0 aliphatic carbocycles. The minimum absolute atomic E-state index is 0.0918. The largest absolute Gasteiger partial charge is 0.491 e. The Balaban J connectivity index is 1.66. The van der Waals surface area contributed by atoms with Gasteiger partial charge in [0.25, 0.3) is 0 Å². The van der Waals surface area contributed by atoms with E-state index in [1.807, 2.05) is 60.7 Å². The van der Waals surface area contributed by atoms with Crippen molar-refractivity contribution in [3.63, 3.8) is 0 Å². The number of carbonyl (C=O) groups excluding carboxylic acids is 1. The molecule has 0 bridgehead atoms. The minimum Gasteiger partial charge on any atom is -0.491 e. The van der Waals surface area contributed by atoms with Crippen LogP contribution in [-0.2, 0) is 4.79 Å². The molecule has 4 nitrogen and oxygen atoms in total. The van der Waals surface area contributed by atoms with Crippen LogP contribution in [0.5, 0.6) is 5.75 Å². The Morgan fingerprint density at radius 1 is 1.04 bits per heavy atom. The Hall–Kier alpha value is -2.33. The van der Waals surface area contributed by atoms with Crippen molar-refractivity contribution in [2.24, 2.45) is 5.92 Å². The normalized spacial score (nSPS) is 16.3. The Labute approximate surface area is 143 Å². The number of nitrogens with one attached hydrogen (secondary N) is 2. The molecule has 1 amide bonds. The van der Waals surface area contributed by atoms with E-state index >= 15 is 0 Å². The third-order valence-electron chi connectivity index (χ3n) is 4.39. The highest BCUT2D eigenvalue weighted by Crippen LogP contribution is 2.19. The fourth-order valence-corrected chi connectivity index (χ4v) is 2.98. The van der Waals surface area contributed by atoms with Crippen molar-refractivity contribution in [3.8, 4) is 5.75 Å². The first kappa shape index (κ1) is 16.5. The van der Waals surface area contributed by atoms with E-state index in [2.05, 4.69) is 10.6 Å². The summed E-state index contributed by atoms with van der Waals surface area (Å²) in [5, 5.41) is 6.48. The van der Waals surface area contributed by atoms with Gasteiger partial charge in [-0.25, -0.2) is 0 Å². The van der Waals surface area contributed by atoms with Crippen molar-refractivity contribution in [2.45, 2.75) is 18.9 Å². The van der Waals surface area contributed by atoms with Crippen molar-refractivity contribution in [1.29, 1.82) is 0 Å². The molecule has 2 aromatic rings. The van der Waals surface area contributed by atoms with Crippen LogP contribution >= 0.6 is 0 Å². The zero-order chi connectivity index (χ0) is 16.6. The van der Waals surface area contributed by atoms with Gasteiger partial charge >= 0.3 is 0 Å². The lowest BCUT2D eigenvalue weighted by molar-refractivity contribution is -0.126. The zero-order valence-corrected chi connectivity index (χ0v) is 13.8. The van der Waals surface area contributed by atoms with Crippen LogP contribution in [0, 0.1) is 5.92 Å². The number of piperidine rings is 1. The Morgan fingerprint density at radius 2 is 1.67 bits per heavy atom. The zero-order valence-electron chi connectivity index (χ0n) is 13.8. The molecule has 1 heterocycles. The quantitative estimate of drug-likeness (QED) is 0.859. The predicted octanol–water partition coefficient (Wildman–Crippen LogP) is 2.92. The van der Waals surface area contributed by atoms with Crippen LogP contribution in [-0.4, -0.2) is 25.6 Å². The van der Waals surface area contributed by atoms with Crippen LogP contribution in [0.2, 0.25) is 0 Å². The van der Waals surface area contributed by atoms with E-state index in [4.69, 9.17) is 4.74 Å². The van der Waals surface area contributed by atoms with E-state index in [0.29, 0.717) is 6.61 Å². The molecule has 24 heavy (non-hydrogen) atoms. The van der Waals surface area contributed by atoms with Crippen molar-refractivity contribution in [1.82, 2.24) is 10.6 Å². The van der Waals surface area contributed by atoms with Gasteiger partial charge in [0.2, 0.25) is 5.91 Å². The fourth-order valence-electron chi connectivity index (χ4n) is 2.98. The summed E-state index contributed by atoms with van der Waals surface area (Å²) in [5.74, 6) is 1.03. The van der Waals surface area contributed by atoms with Gasteiger partial charge in [-0.15, -0.1) is 0 Å². The topological polar surface area (TPSA) is 50.4 Å². The molecule has 1 aliphatic heterocycles. The average molecular weight is 324 g/mol. The molecule has 1 fully saturated rings. The lowest BCUT2D eigenvalue weighted by Gasteiger charge is -2.26. The summed E-state index contributed by atoms with van der Waals surface area (Å²) in [6, 6.07) is 19.6. The average Bonchev–Trinajstić information content (AvgIpc) is 2.67. The number of benzene rings is 2. The van der Waals surface area contributed by atoms with Crippen molar-refractivity contribution < 1.29 is 9.53 Å². The van der Waals surface area contributed by atoms with Crippen molar-refractivity contribution >= 4 is 5.91 Å². The summed E-state index contributed by atoms with van der Waals surface area (Å²) in [6.07, 6.45) is 1.79. The highest BCUT2D eigenvalue weighted by Gasteiger charge is 2.24. The van der Waals surface area contributed by atoms with Gasteiger partial charge in [0.05, 0.1) is 6.04 Å². The van der Waals surface area contributed by atoms with Crippen LogP contribution in [0.15, 0.2) is 60.7 Å². The van der Waals surface area contributed by atoms with E-state index in [-0.39, 0.29) is 17.9 Å². The van der Waals surface area contributed by atoms with E-state index < -0.39 is 0 Å². The number of hydrogen-bond acceptors (Lipinski definition) is 3. The molecule has 0 spiro atoms. The van der Waals surface area contributed by atoms with Crippen LogP contribution in [0.4, 0.5) is 0 Å². The van der Waals surface area contributed by atoms with Gasteiger partial charge in [-0.1, -0.05) is 48.5 Å². The van der Waals surface area contributed by atoms with Gasteiger partial charge in [0.15, 0.2) is 0 Å². The first-order valence-electron chi connectivity index (χ1n) is 8.57. The Bertz CT molecular complexity index is 625. The molecule has 2 N–H and O–H groups in total. The number of carbonyl (C=O) groups is 1. The summed E-state index contributed by atoms with van der Waals surface area (Å²) in [7, 11) is 0. The second-order valence-corrected chi connectivity index (χ2v) is 6.12. The Morgan fingerprint density at radius 3 is 2.33 bits per heavy atom. The molecule has 126 valence electrons. The molecule has 0 radical (unpaired) electrons. The standard InChI is InChI=1S/C20H24N2O2/c23-20(17-11-13-21-14-12-17)22-19(16-7-3-1-4-8-16)15-24-18-9-5-2-6-10-18/h1-10,17,19,21H,11-15H2,(H,22,23). The lowest BCUT2D eigenvalue weighted by atomic mass is 9.96. The SMILES string of the molecule is O=C(NC(COc1ccccc1)c1ccccc1)C1CCNCC1. The van der Waals surface area contributed by atoms with E-state index in [9.17, 15) is 4.79 Å². The number of para-hydroxylation sites is 1. The van der Waals surface area contributed by atoms with Crippen LogP contribution in [0.25, 0.3) is 0 Å². The molecule has 1 atom stereocenters. The molecule has 3 rings (SSSR count). The molecule has 0 aromatic heterocycles. The summed E-state index contributed by atoms with van der Waals surface area (Å²) in [6.45, 7) is 2.24. The maximum atomic E-state index is 12.6. The van der Waals surface area contributed by atoms with Crippen LogP contribution < -0.4 is 15.4 Å². The van der Waals surface area contributed by atoms with Gasteiger partial charge in [-0.3, -0.25) is 4.79 Å². The van der Waals surface area contributed by atoms with Gasteiger partial charge in [-0.05, 0) is 43.6 Å². The first-order valence-corrected chi connectivity index (χ1v) is 8.57. The summed E-state index contributed by atoms with van der Waals surface area (Å²) in [5.41, 5.74) is 1.07. The van der Waals surface area contributed by atoms with Crippen LogP contribution in [0.3, 0.4) is 0 Å². The van der Waals surface area contributed by atoms with Gasteiger partial charge in [0, 0.05) is 5.92 Å². The monoisotopic (exact) mass is 324 g/mol. The van der Waals surface area contributed by atoms with E-state index in [0.717, 1.165) is 37.2 Å². The third-order valence-corrected chi connectivity index (χ3v) is 4.39. The number of rotatable bonds is 6. The minimum atomic E-state index is -0.145. The van der Waals surface area contributed by atoms with E-state index in [1.165, 1.54) is 0 Å². The molecule has 0 saturated carbocycles. The third kappa shape index (κ3) is 4.59. The second-order valence-electron chi connectivity index (χ2n) is 6.12. The maximum absolute atomic E-state index is 12.6.